The van der Waals surface area contributed by atoms with Crippen molar-refractivity contribution >= 4 is 34.6 Å². The number of nitrogens with one attached hydrogen (secondary N) is 3. The summed E-state index contributed by atoms with van der Waals surface area (Å²) in [7, 11) is 0. The van der Waals surface area contributed by atoms with Crippen LogP contribution < -0.4 is 25.7 Å². The fraction of sp³-hybridized carbons (Fsp3) is 0.286. The Hall–Kier alpha value is -6.38. The van der Waals surface area contributed by atoms with E-state index in [0.29, 0.717) is 45.5 Å². The summed E-state index contributed by atoms with van der Waals surface area (Å²) in [5.41, 5.74) is 4.38. The third-order valence-corrected chi connectivity index (χ3v) is 11.8. The molecule has 0 spiro atoms. The number of aliphatic hydroxyl groups is 1. The van der Waals surface area contributed by atoms with E-state index >= 15 is 0 Å². The number of fused-ring (bicyclic) bond motifs is 4. The standard InChI is InChI=1S/C49H49ClN4O9/c50-40-25-32(27-51-28-42(56)38-14-16-41(55)47-39(38)15-18-45(57)52-47)11-17-43(40)60-23-24-61-48(58)35-12-9-31(10-13-35)30-62-37-8-4-7-36(26-37)46(34-5-2-1-3-6-34)53-49(59)63-44-29-54-21-19-33(44)20-22-54/h1-18,25-26,33,42,44,46,51,55-56H,19-24,27-30H2,(H,52,57)(H,53,59)/t42-,44+,46?/m1/s1. The van der Waals surface area contributed by atoms with E-state index in [1.54, 1.807) is 36.4 Å². The largest absolute Gasteiger partial charge is 0.506 e. The van der Waals surface area contributed by atoms with Gasteiger partial charge in [0.1, 0.15) is 43.2 Å². The van der Waals surface area contributed by atoms with Crippen molar-refractivity contribution in [1.82, 2.24) is 20.5 Å². The third kappa shape index (κ3) is 11.0. The number of aromatic hydroxyl groups is 1. The van der Waals surface area contributed by atoms with Crippen LogP contribution >= 0.6 is 11.6 Å². The lowest BCUT2D eigenvalue weighted by Gasteiger charge is -2.43. The number of hydrogen-bond donors (Lipinski definition) is 5. The predicted molar refractivity (Wildman–Crippen MR) is 238 cm³/mol. The molecule has 1 amide bonds. The first kappa shape index (κ1) is 43.3. The topological polar surface area (TPSA) is 172 Å². The van der Waals surface area contributed by atoms with E-state index < -0.39 is 24.2 Å². The summed E-state index contributed by atoms with van der Waals surface area (Å²) in [5.74, 6) is 0.914. The molecule has 14 heteroatoms. The van der Waals surface area contributed by atoms with Crippen LogP contribution in [0.4, 0.5) is 4.79 Å². The van der Waals surface area contributed by atoms with Crippen molar-refractivity contribution in [2.75, 3.05) is 39.4 Å². The maximum absolute atomic E-state index is 13.2. The molecule has 1 unspecified atom stereocenters. The molecule has 5 aromatic carbocycles. The number of alkyl carbamates (subject to hydrolysis) is 1. The first-order chi connectivity index (χ1) is 30.7. The van der Waals surface area contributed by atoms with E-state index in [1.807, 2.05) is 72.8 Å². The molecule has 9 rings (SSSR count). The van der Waals surface area contributed by atoms with Crippen LogP contribution in [0, 0.1) is 5.92 Å². The van der Waals surface area contributed by atoms with E-state index in [2.05, 4.69) is 20.5 Å². The molecule has 0 aliphatic carbocycles. The average Bonchev–Trinajstić information content (AvgIpc) is 3.30. The normalized spacial score (nSPS) is 17.7. The Bertz CT molecular complexity index is 2580. The molecule has 3 atom stereocenters. The number of aromatic nitrogens is 1. The van der Waals surface area contributed by atoms with Gasteiger partial charge in [-0.15, -0.1) is 0 Å². The zero-order valence-electron chi connectivity index (χ0n) is 34.5. The lowest BCUT2D eigenvalue weighted by Crippen LogP contribution is -2.52. The van der Waals surface area contributed by atoms with Crippen LogP contribution in [0.5, 0.6) is 17.2 Å². The SMILES string of the molecule is O=C(NC(c1ccccc1)c1cccc(OCc2ccc(C(=O)OCCOc3ccc(CNC[C@@H](O)c4ccc(O)c5[nH]c(=O)ccc45)cc3Cl)cc2)c1)O[C@H]1CN2CCC1CC2. The monoisotopic (exact) mass is 872 g/mol. The highest BCUT2D eigenvalue weighted by molar-refractivity contribution is 6.32. The van der Waals surface area contributed by atoms with Gasteiger partial charge < -0.3 is 44.8 Å². The molecule has 0 radical (unpaired) electrons. The van der Waals surface area contributed by atoms with Crippen LogP contribution in [0.15, 0.2) is 126 Å². The average molecular weight is 873 g/mol. The van der Waals surface area contributed by atoms with Crippen LogP contribution in [0.3, 0.4) is 0 Å². The van der Waals surface area contributed by atoms with Crippen LogP contribution in [-0.2, 0) is 22.6 Å². The third-order valence-electron chi connectivity index (χ3n) is 11.5. The highest BCUT2D eigenvalue weighted by Crippen LogP contribution is 2.32. The van der Waals surface area contributed by atoms with Gasteiger partial charge in [-0.3, -0.25) is 9.69 Å². The van der Waals surface area contributed by atoms with Crippen molar-refractivity contribution in [2.45, 2.75) is 44.2 Å². The Morgan fingerprint density at radius 3 is 2.38 bits per heavy atom. The molecule has 4 heterocycles. The number of benzene rings is 5. The Morgan fingerprint density at radius 2 is 1.62 bits per heavy atom. The van der Waals surface area contributed by atoms with Crippen molar-refractivity contribution in [1.29, 1.82) is 0 Å². The molecule has 6 aromatic rings. The van der Waals surface area contributed by atoms with E-state index in [-0.39, 0.29) is 49.3 Å². The first-order valence-electron chi connectivity index (χ1n) is 21.0. The van der Waals surface area contributed by atoms with Crippen molar-refractivity contribution in [3.8, 4) is 17.2 Å². The zero-order chi connectivity index (χ0) is 43.7. The minimum absolute atomic E-state index is 0.00759. The van der Waals surface area contributed by atoms with Crippen LogP contribution in [0.25, 0.3) is 10.9 Å². The Balaban J connectivity index is 0.773. The molecule has 2 bridgehead atoms. The molecule has 63 heavy (non-hydrogen) atoms. The Morgan fingerprint density at radius 1 is 0.841 bits per heavy atom. The fourth-order valence-corrected chi connectivity index (χ4v) is 8.44. The van der Waals surface area contributed by atoms with E-state index in [9.17, 15) is 24.6 Å². The highest BCUT2D eigenvalue weighted by Gasteiger charge is 2.37. The van der Waals surface area contributed by atoms with Gasteiger partial charge in [0.25, 0.3) is 0 Å². The van der Waals surface area contributed by atoms with E-state index in [1.165, 1.54) is 12.1 Å². The molecule has 5 N–H and O–H groups in total. The molecular formula is C49H49ClN4O9. The maximum Gasteiger partial charge on any atom is 0.408 e. The molecule has 3 aliphatic heterocycles. The molecular weight excluding hydrogens is 824 g/mol. The summed E-state index contributed by atoms with van der Waals surface area (Å²) < 4.78 is 23.3. The molecule has 326 valence electrons. The molecule has 0 saturated carbocycles. The van der Waals surface area contributed by atoms with Gasteiger partial charge in [0, 0.05) is 31.1 Å². The van der Waals surface area contributed by atoms with Crippen molar-refractivity contribution in [3.05, 3.63) is 170 Å². The van der Waals surface area contributed by atoms with Crippen LogP contribution in [0.1, 0.15) is 63.2 Å². The summed E-state index contributed by atoms with van der Waals surface area (Å²) >= 11 is 6.49. The summed E-state index contributed by atoms with van der Waals surface area (Å²) in [5, 5.41) is 28.2. The van der Waals surface area contributed by atoms with Gasteiger partial charge in [0.15, 0.2) is 0 Å². The van der Waals surface area contributed by atoms with Gasteiger partial charge in [-0.25, -0.2) is 9.59 Å². The number of nitrogens with zero attached hydrogens (tertiary/aromatic N) is 1. The second-order valence-electron chi connectivity index (χ2n) is 15.8. The minimum atomic E-state index is -0.899. The number of aromatic amines is 1. The molecule has 3 saturated heterocycles. The minimum Gasteiger partial charge on any atom is -0.506 e. The van der Waals surface area contributed by atoms with Crippen molar-refractivity contribution in [3.63, 3.8) is 0 Å². The number of carbonyl (C=O) groups excluding carboxylic acids is 2. The number of ether oxygens (including phenoxy) is 4. The summed E-state index contributed by atoms with van der Waals surface area (Å²) in [4.78, 5) is 42.7. The number of halogens is 1. The maximum atomic E-state index is 13.2. The van der Waals surface area contributed by atoms with Gasteiger partial charge in [0.2, 0.25) is 5.56 Å². The molecule has 13 nitrogen and oxygen atoms in total. The number of hydrogen-bond acceptors (Lipinski definition) is 11. The van der Waals surface area contributed by atoms with E-state index in [4.69, 9.17) is 30.5 Å². The van der Waals surface area contributed by atoms with Gasteiger partial charge >= 0.3 is 12.1 Å². The van der Waals surface area contributed by atoms with Crippen LogP contribution in [0.2, 0.25) is 5.02 Å². The summed E-state index contributed by atoms with van der Waals surface area (Å²) in [6.45, 7) is 3.90. The van der Waals surface area contributed by atoms with Gasteiger partial charge in [0.05, 0.1) is 28.2 Å². The second kappa shape index (κ2) is 20.2. The number of carbonyl (C=O) groups is 2. The number of piperidine rings is 3. The highest BCUT2D eigenvalue weighted by atomic mass is 35.5. The van der Waals surface area contributed by atoms with Gasteiger partial charge in [-0.1, -0.05) is 78.3 Å². The number of phenols is 1. The first-order valence-corrected chi connectivity index (χ1v) is 21.4. The number of amides is 1. The molecule has 3 aliphatic rings. The van der Waals surface area contributed by atoms with Crippen molar-refractivity contribution in [2.24, 2.45) is 5.92 Å². The fourth-order valence-electron chi connectivity index (χ4n) is 8.18. The van der Waals surface area contributed by atoms with Gasteiger partial charge in [-0.2, -0.15) is 0 Å². The van der Waals surface area contributed by atoms with Crippen molar-refractivity contribution < 1.29 is 38.7 Å². The Labute approximate surface area is 369 Å². The number of pyridine rings is 1. The Kier molecular flexibility index (Phi) is 13.9. The number of aliphatic hydroxyl groups excluding tert-OH is 1. The summed E-state index contributed by atoms with van der Waals surface area (Å²) in [6.07, 6.45) is 0.690. The number of esters is 1. The molecule has 3 fully saturated rings. The van der Waals surface area contributed by atoms with Crippen LogP contribution in [-0.4, -0.2) is 77.7 Å². The number of phenolic OH excluding ortho intramolecular Hbond substituents is 1. The summed E-state index contributed by atoms with van der Waals surface area (Å²) in [6, 6.07) is 35.3. The zero-order valence-corrected chi connectivity index (χ0v) is 35.3. The van der Waals surface area contributed by atoms with Gasteiger partial charge in [-0.05, 0) is 108 Å². The number of H-pyrrole nitrogens is 1. The van der Waals surface area contributed by atoms with E-state index in [0.717, 1.165) is 54.7 Å². The number of rotatable bonds is 17. The molecule has 1 aromatic heterocycles. The lowest BCUT2D eigenvalue weighted by molar-refractivity contribution is -0.0336. The quantitative estimate of drug-likeness (QED) is 0.0456. The second-order valence-corrected chi connectivity index (χ2v) is 16.2. The lowest BCUT2D eigenvalue weighted by atomic mass is 9.86. The predicted octanol–water partition coefficient (Wildman–Crippen LogP) is 7.43. The smallest absolute Gasteiger partial charge is 0.408 e.